The van der Waals surface area contributed by atoms with Crippen LogP contribution in [0.1, 0.15) is 29.4 Å². The summed E-state index contributed by atoms with van der Waals surface area (Å²) in [6, 6.07) is 6.37. The molecule has 0 saturated carbocycles. The van der Waals surface area contributed by atoms with Gasteiger partial charge in [-0.15, -0.1) is 11.3 Å². The second-order valence-corrected chi connectivity index (χ2v) is 7.64. The van der Waals surface area contributed by atoms with E-state index in [0.717, 1.165) is 53.0 Å². The van der Waals surface area contributed by atoms with Crippen LogP contribution in [-0.2, 0) is 23.5 Å². The number of carbonyl (C=O) groups is 1. The van der Waals surface area contributed by atoms with Crippen molar-refractivity contribution in [3.05, 3.63) is 40.0 Å². The van der Waals surface area contributed by atoms with Crippen molar-refractivity contribution in [1.82, 2.24) is 9.88 Å². The van der Waals surface area contributed by atoms with Gasteiger partial charge in [-0.2, -0.15) is 5.26 Å². The highest BCUT2D eigenvalue weighted by Crippen LogP contribution is 2.37. The zero-order valence-corrected chi connectivity index (χ0v) is 15.9. The summed E-state index contributed by atoms with van der Waals surface area (Å²) in [5.74, 6) is 0.350. The predicted octanol–water partition coefficient (Wildman–Crippen LogP) is 4.06. The van der Waals surface area contributed by atoms with Crippen LogP contribution < -0.4 is 0 Å². The molecule has 3 heterocycles. The summed E-state index contributed by atoms with van der Waals surface area (Å²) in [5, 5.41) is 11.5. The number of aromatic nitrogens is 1. The molecule has 0 aromatic carbocycles. The lowest BCUT2D eigenvalue weighted by Gasteiger charge is -2.27. The molecule has 0 radical (unpaired) electrons. The fraction of sp³-hybridized carbons (Fsp3) is 0.389. The van der Waals surface area contributed by atoms with E-state index in [4.69, 9.17) is 9.72 Å². The second-order valence-electron chi connectivity index (χ2n) is 5.78. The van der Waals surface area contributed by atoms with Crippen LogP contribution in [0.5, 0.6) is 0 Å². The monoisotopic (exact) mass is 373 g/mol. The van der Waals surface area contributed by atoms with E-state index >= 15 is 0 Å². The molecule has 0 aliphatic carbocycles. The highest BCUT2D eigenvalue weighted by molar-refractivity contribution is 8.12. The van der Waals surface area contributed by atoms with E-state index in [1.807, 2.05) is 17.5 Å². The molecule has 2 aromatic heterocycles. The molecule has 0 unspecified atom stereocenters. The molecule has 0 bridgehead atoms. The number of pyridine rings is 1. The summed E-state index contributed by atoms with van der Waals surface area (Å²) in [7, 11) is 2.08. The van der Waals surface area contributed by atoms with Crippen LogP contribution in [0.25, 0.3) is 10.4 Å². The van der Waals surface area contributed by atoms with E-state index in [0.29, 0.717) is 23.6 Å². The maximum Gasteiger partial charge on any atom is 0.367 e. The van der Waals surface area contributed by atoms with Crippen molar-refractivity contribution in [3.63, 3.8) is 0 Å². The number of carbonyl (C=O) groups excluding carboxylic acids is 1. The smallest absolute Gasteiger partial charge is 0.367 e. The van der Waals surface area contributed by atoms with E-state index < -0.39 is 0 Å². The highest BCUT2D eigenvalue weighted by Gasteiger charge is 2.25. The molecule has 3 rings (SSSR count). The third-order valence-electron chi connectivity index (χ3n) is 4.09. The molecule has 1 aliphatic rings. The van der Waals surface area contributed by atoms with Gasteiger partial charge in [0.25, 0.3) is 0 Å². The number of thiophene rings is 1. The van der Waals surface area contributed by atoms with Crippen LogP contribution in [0, 0.1) is 11.3 Å². The number of fused-ring (bicyclic) bond motifs is 1. The lowest BCUT2D eigenvalue weighted by Crippen LogP contribution is -2.28. The topological polar surface area (TPSA) is 66.2 Å². The fourth-order valence-corrected chi connectivity index (χ4v) is 4.42. The molecule has 5 nitrogen and oxygen atoms in total. The maximum atomic E-state index is 11.7. The van der Waals surface area contributed by atoms with Gasteiger partial charge in [0, 0.05) is 41.4 Å². The molecular weight excluding hydrogens is 354 g/mol. The number of likely N-dealkylation sites (N-methyl/N-ethyl adjacent to an activating group) is 1. The zero-order chi connectivity index (χ0) is 17.8. The molecule has 0 N–H and O–H groups in total. The minimum atomic E-state index is -0.330. The Hall–Kier alpha value is -1.88. The van der Waals surface area contributed by atoms with E-state index in [1.165, 1.54) is 0 Å². The lowest BCUT2D eigenvalue weighted by molar-refractivity contribution is 0.181. The van der Waals surface area contributed by atoms with Gasteiger partial charge >= 0.3 is 5.30 Å². The number of ether oxygens (including phenoxy) is 1. The Morgan fingerprint density at radius 2 is 2.40 bits per heavy atom. The Kier molecular flexibility index (Phi) is 5.74. The molecule has 25 heavy (non-hydrogen) atoms. The number of hydrogen-bond acceptors (Lipinski definition) is 7. The van der Waals surface area contributed by atoms with Crippen LogP contribution in [0.15, 0.2) is 17.5 Å². The minimum Gasteiger partial charge on any atom is -0.458 e. The van der Waals surface area contributed by atoms with Gasteiger partial charge in [-0.3, -0.25) is 4.98 Å². The summed E-state index contributed by atoms with van der Waals surface area (Å²) in [5.41, 5.74) is 4.41. The number of thioether (sulfide) groups is 1. The Morgan fingerprint density at radius 3 is 3.08 bits per heavy atom. The Labute approximate surface area is 155 Å². The zero-order valence-electron chi connectivity index (χ0n) is 14.2. The van der Waals surface area contributed by atoms with E-state index in [-0.39, 0.29) is 5.30 Å². The van der Waals surface area contributed by atoms with Crippen molar-refractivity contribution in [2.24, 2.45) is 0 Å². The number of nitrogens with zero attached hydrogens (tertiary/aromatic N) is 3. The Bertz CT molecular complexity index is 813. The van der Waals surface area contributed by atoms with E-state index in [9.17, 15) is 10.1 Å². The summed E-state index contributed by atoms with van der Waals surface area (Å²) in [4.78, 5) is 19.8. The van der Waals surface area contributed by atoms with Crippen molar-refractivity contribution >= 4 is 28.4 Å². The van der Waals surface area contributed by atoms with Crippen LogP contribution in [0.4, 0.5) is 4.79 Å². The highest BCUT2D eigenvalue weighted by atomic mass is 32.2. The van der Waals surface area contributed by atoms with Gasteiger partial charge in [0.1, 0.15) is 6.07 Å². The largest absolute Gasteiger partial charge is 0.458 e. The third kappa shape index (κ3) is 3.87. The van der Waals surface area contributed by atoms with Gasteiger partial charge in [0.05, 0.1) is 17.9 Å². The number of nitriles is 1. The van der Waals surface area contributed by atoms with Crippen molar-refractivity contribution in [1.29, 1.82) is 5.26 Å². The van der Waals surface area contributed by atoms with Gasteiger partial charge in [-0.1, -0.05) is 6.07 Å². The van der Waals surface area contributed by atoms with Gasteiger partial charge in [-0.05, 0) is 42.7 Å². The average Bonchev–Trinajstić information content (AvgIpc) is 3.13. The van der Waals surface area contributed by atoms with Crippen LogP contribution in [0.2, 0.25) is 0 Å². The van der Waals surface area contributed by atoms with Crippen LogP contribution in [-0.4, -0.2) is 35.4 Å². The predicted molar refractivity (Wildman–Crippen MR) is 101 cm³/mol. The van der Waals surface area contributed by atoms with Crippen molar-refractivity contribution in [3.8, 4) is 16.5 Å². The Morgan fingerprint density at radius 1 is 1.56 bits per heavy atom. The SMILES string of the molecule is CCOC(=O)SCc1nc2c(c(-c3cccs3)c1C#N)CN(C)CC2. The first-order chi connectivity index (χ1) is 12.1. The normalized spacial score (nSPS) is 14.0. The number of rotatable bonds is 4. The minimum absolute atomic E-state index is 0.330. The quantitative estimate of drug-likeness (QED) is 0.753. The molecule has 0 amide bonds. The van der Waals surface area contributed by atoms with Crippen molar-refractivity contribution in [2.75, 3.05) is 20.2 Å². The van der Waals surface area contributed by atoms with Gasteiger partial charge in [-0.25, -0.2) is 4.79 Å². The van der Waals surface area contributed by atoms with E-state index in [2.05, 4.69) is 18.0 Å². The van der Waals surface area contributed by atoms with Crippen LogP contribution in [0.3, 0.4) is 0 Å². The van der Waals surface area contributed by atoms with Gasteiger partial charge < -0.3 is 9.64 Å². The molecular formula is C18H19N3O2S2. The third-order valence-corrected chi connectivity index (χ3v) is 5.74. The van der Waals surface area contributed by atoms with Crippen LogP contribution >= 0.6 is 23.1 Å². The molecule has 0 saturated heterocycles. The molecule has 0 atom stereocenters. The first-order valence-electron chi connectivity index (χ1n) is 8.10. The summed E-state index contributed by atoms with van der Waals surface area (Å²) < 4.78 is 4.98. The molecule has 0 fully saturated rings. The van der Waals surface area contributed by atoms with Gasteiger partial charge in [0.2, 0.25) is 0 Å². The second kappa shape index (κ2) is 8.00. The van der Waals surface area contributed by atoms with Crippen molar-refractivity contribution in [2.45, 2.75) is 25.6 Å². The molecule has 0 spiro atoms. The van der Waals surface area contributed by atoms with E-state index in [1.54, 1.807) is 18.3 Å². The Balaban J connectivity index is 2.06. The summed E-state index contributed by atoms with van der Waals surface area (Å²) in [6.07, 6.45) is 0.854. The molecule has 2 aromatic rings. The lowest BCUT2D eigenvalue weighted by atomic mass is 9.94. The standard InChI is InChI=1S/C18H19N3O2S2/c1-3-23-18(22)25-11-15-12(9-19)17(16-5-4-8-24-16)13-10-21(2)7-6-14(13)20-15/h4-5,8H,3,6-7,10-11H2,1-2H3. The van der Waals surface area contributed by atoms with Gasteiger partial charge in [0.15, 0.2) is 0 Å². The summed E-state index contributed by atoms with van der Waals surface area (Å²) >= 11 is 2.68. The number of hydrogen-bond donors (Lipinski definition) is 0. The molecule has 7 heteroatoms. The average molecular weight is 374 g/mol. The fourth-order valence-electron chi connectivity index (χ4n) is 2.95. The molecule has 1 aliphatic heterocycles. The summed E-state index contributed by atoms with van der Waals surface area (Å²) in [6.45, 7) is 3.86. The first kappa shape index (κ1) is 17.9. The first-order valence-corrected chi connectivity index (χ1v) is 9.97. The maximum absolute atomic E-state index is 11.7. The molecule has 130 valence electrons. The van der Waals surface area contributed by atoms with Crippen molar-refractivity contribution < 1.29 is 9.53 Å².